The number of halogens is 2. The van der Waals surface area contributed by atoms with Crippen LogP contribution in [0.15, 0.2) is 103 Å². The van der Waals surface area contributed by atoms with Gasteiger partial charge in [-0.25, -0.2) is 4.98 Å². The molecule has 0 aliphatic heterocycles. The molecule has 0 saturated carbocycles. The van der Waals surface area contributed by atoms with Gasteiger partial charge in [0, 0.05) is 43.4 Å². The number of ether oxygens (including phenoxy) is 3. The van der Waals surface area contributed by atoms with Crippen molar-refractivity contribution in [3.8, 4) is 39.9 Å². The standard InChI is InChI=1S/C37H39F2N3O3/c1-4-5-20-42-34(35(29-12-8-6-9-13-29)40-36(42)30-14-10-7-11-15-30)26-41(24-27-16-18-31(19-17-27)45-37(38)39)25-28-21-32(43-2)23-33(22-28)44-3/h6-19,21-23,37H,4-5,20,24-26H2,1-3H3. The fourth-order valence-corrected chi connectivity index (χ4v) is 5.47. The minimum absolute atomic E-state index is 0.134. The van der Waals surface area contributed by atoms with Crippen LogP contribution in [0.3, 0.4) is 0 Å². The average molecular weight is 612 g/mol. The lowest BCUT2D eigenvalue weighted by Gasteiger charge is -2.25. The molecule has 5 aromatic rings. The summed E-state index contributed by atoms with van der Waals surface area (Å²) in [5.74, 6) is 2.49. The van der Waals surface area contributed by atoms with Crippen molar-refractivity contribution in [1.29, 1.82) is 0 Å². The third-order valence-electron chi connectivity index (χ3n) is 7.63. The van der Waals surface area contributed by atoms with Crippen LogP contribution in [0.1, 0.15) is 36.6 Å². The van der Waals surface area contributed by atoms with Crippen LogP contribution in [0.4, 0.5) is 8.78 Å². The molecule has 0 fully saturated rings. The van der Waals surface area contributed by atoms with Gasteiger partial charge in [0.05, 0.1) is 25.6 Å². The highest BCUT2D eigenvalue weighted by atomic mass is 19.3. The van der Waals surface area contributed by atoms with E-state index in [2.05, 4.69) is 45.4 Å². The van der Waals surface area contributed by atoms with E-state index in [1.165, 1.54) is 0 Å². The number of rotatable bonds is 15. The Labute approximate surface area is 263 Å². The van der Waals surface area contributed by atoms with Crippen LogP contribution in [0.5, 0.6) is 17.2 Å². The molecule has 0 spiro atoms. The van der Waals surface area contributed by atoms with Crippen molar-refractivity contribution >= 4 is 0 Å². The zero-order valence-electron chi connectivity index (χ0n) is 26.0. The third-order valence-corrected chi connectivity index (χ3v) is 7.63. The van der Waals surface area contributed by atoms with Crippen molar-refractivity contribution in [1.82, 2.24) is 14.5 Å². The highest BCUT2D eigenvalue weighted by molar-refractivity contribution is 5.68. The number of hydrogen-bond acceptors (Lipinski definition) is 5. The minimum Gasteiger partial charge on any atom is -0.497 e. The lowest BCUT2D eigenvalue weighted by molar-refractivity contribution is -0.0498. The van der Waals surface area contributed by atoms with E-state index in [1.807, 2.05) is 66.7 Å². The summed E-state index contributed by atoms with van der Waals surface area (Å²) in [6, 6.07) is 33.3. The number of alkyl halides is 2. The number of benzene rings is 4. The number of unbranched alkanes of at least 4 members (excludes halogenated alkanes) is 1. The summed E-state index contributed by atoms with van der Waals surface area (Å²) < 4.78 is 43.7. The predicted octanol–water partition coefficient (Wildman–Crippen LogP) is 8.84. The SMILES string of the molecule is CCCCn1c(-c2ccccc2)nc(-c2ccccc2)c1CN(Cc1ccc(OC(F)F)cc1)Cc1cc(OC)cc(OC)c1. The minimum atomic E-state index is -2.87. The van der Waals surface area contributed by atoms with Gasteiger partial charge in [-0.05, 0) is 41.8 Å². The van der Waals surface area contributed by atoms with E-state index < -0.39 is 6.61 Å². The Hall–Kier alpha value is -4.69. The van der Waals surface area contributed by atoms with Crippen molar-refractivity contribution in [2.45, 2.75) is 52.6 Å². The molecule has 0 amide bonds. The molecule has 1 heterocycles. The van der Waals surface area contributed by atoms with Crippen molar-refractivity contribution in [3.05, 3.63) is 120 Å². The van der Waals surface area contributed by atoms with Gasteiger partial charge < -0.3 is 18.8 Å². The van der Waals surface area contributed by atoms with Gasteiger partial charge >= 0.3 is 6.61 Å². The van der Waals surface area contributed by atoms with Gasteiger partial charge in [0.1, 0.15) is 23.1 Å². The fraction of sp³-hybridized carbons (Fsp3) is 0.270. The summed E-state index contributed by atoms with van der Waals surface area (Å²) in [6.07, 6.45) is 2.06. The summed E-state index contributed by atoms with van der Waals surface area (Å²) in [4.78, 5) is 7.60. The van der Waals surface area contributed by atoms with Crippen LogP contribution < -0.4 is 14.2 Å². The molecular weight excluding hydrogens is 572 g/mol. The second kappa shape index (κ2) is 15.3. The number of aromatic nitrogens is 2. The number of hydrogen-bond donors (Lipinski definition) is 0. The molecule has 234 valence electrons. The molecule has 1 aromatic heterocycles. The zero-order chi connectivity index (χ0) is 31.6. The van der Waals surface area contributed by atoms with Crippen LogP contribution in [0.2, 0.25) is 0 Å². The second-order valence-electron chi connectivity index (χ2n) is 10.9. The highest BCUT2D eigenvalue weighted by Gasteiger charge is 2.22. The molecule has 0 radical (unpaired) electrons. The van der Waals surface area contributed by atoms with Crippen molar-refractivity contribution in [2.24, 2.45) is 0 Å². The molecule has 0 bridgehead atoms. The number of methoxy groups -OCH3 is 2. The van der Waals surface area contributed by atoms with Crippen molar-refractivity contribution in [2.75, 3.05) is 14.2 Å². The van der Waals surface area contributed by atoms with E-state index in [1.54, 1.807) is 26.4 Å². The van der Waals surface area contributed by atoms with E-state index in [-0.39, 0.29) is 5.75 Å². The van der Waals surface area contributed by atoms with Gasteiger partial charge in [-0.15, -0.1) is 0 Å². The van der Waals surface area contributed by atoms with Gasteiger partial charge in [0.25, 0.3) is 0 Å². The van der Waals surface area contributed by atoms with E-state index in [4.69, 9.17) is 14.5 Å². The Morgan fingerprint density at radius 3 is 1.89 bits per heavy atom. The monoisotopic (exact) mass is 611 g/mol. The summed E-state index contributed by atoms with van der Waals surface area (Å²) in [5.41, 5.74) is 6.16. The van der Waals surface area contributed by atoms with E-state index >= 15 is 0 Å². The van der Waals surface area contributed by atoms with Crippen molar-refractivity contribution in [3.63, 3.8) is 0 Å². The molecule has 4 aromatic carbocycles. The first kappa shape index (κ1) is 31.7. The van der Waals surface area contributed by atoms with Crippen LogP contribution in [0, 0.1) is 0 Å². The second-order valence-corrected chi connectivity index (χ2v) is 10.9. The van der Waals surface area contributed by atoms with E-state index in [9.17, 15) is 8.78 Å². The van der Waals surface area contributed by atoms with Gasteiger partial charge in [-0.2, -0.15) is 8.78 Å². The lowest BCUT2D eigenvalue weighted by atomic mass is 10.1. The number of imidazole rings is 1. The van der Waals surface area contributed by atoms with Crippen LogP contribution in [0.25, 0.3) is 22.6 Å². The van der Waals surface area contributed by atoms with Gasteiger partial charge in [-0.1, -0.05) is 86.1 Å². The first-order valence-electron chi connectivity index (χ1n) is 15.2. The maximum Gasteiger partial charge on any atom is 0.387 e. The Balaban J connectivity index is 1.60. The Morgan fingerprint density at radius 2 is 1.31 bits per heavy atom. The fourth-order valence-electron chi connectivity index (χ4n) is 5.47. The van der Waals surface area contributed by atoms with Crippen LogP contribution >= 0.6 is 0 Å². The molecule has 6 nitrogen and oxygen atoms in total. The molecule has 0 aliphatic carbocycles. The predicted molar refractivity (Wildman–Crippen MR) is 174 cm³/mol. The topological polar surface area (TPSA) is 48.8 Å². The third kappa shape index (κ3) is 8.28. The zero-order valence-corrected chi connectivity index (χ0v) is 26.0. The van der Waals surface area contributed by atoms with Crippen molar-refractivity contribution < 1.29 is 23.0 Å². The van der Waals surface area contributed by atoms with Crippen LogP contribution in [-0.4, -0.2) is 35.3 Å². The molecule has 8 heteroatoms. The average Bonchev–Trinajstić information content (AvgIpc) is 3.42. The molecule has 0 aliphatic rings. The Morgan fingerprint density at radius 1 is 0.711 bits per heavy atom. The molecular formula is C37H39F2N3O3. The van der Waals surface area contributed by atoms with Gasteiger partial charge in [-0.3, -0.25) is 4.90 Å². The maximum atomic E-state index is 12.8. The van der Waals surface area contributed by atoms with Crippen LogP contribution in [-0.2, 0) is 26.2 Å². The van der Waals surface area contributed by atoms with Gasteiger partial charge in [0.15, 0.2) is 0 Å². The lowest BCUT2D eigenvalue weighted by Crippen LogP contribution is -2.24. The molecule has 0 atom stereocenters. The quantitative estimate of drug-likeness (QED) is 0.118. The summed E-state index contributed by atoms with van der Waals surface area (Å²) in [7, 11) is 3.28. The molecule has 5 rings (SSSR count). The molecule has 0 saturated heterocycles. The molecule has 0 N–H and O–H groups in total. The normalized spacial score (nSPS) is 11.3. The summed E-state index contributed by atoms with van der Waals surface area (Å²) >= 11 is 0. The largest absolute Gasteiger partial charge is 0.497 e. The Bertz CT molecular complexity index is 1620. The van der Waals surface area contributed by atoms with E-state index in [0.717, 1.165) is 58.9 Å². The molecule has 0 unspecified atom stereocenters. The summed E-state index contributed by atoms with van der Waals surface area (Å²) in [5, 5.41) is 0. The summed E-state index contributed by atoms with van der Waals surface area (Å²) in [6.45, 7) is 1.88. The van der Waals surface area contributed by atoms with Gasteiger partial charge in [0.2, 0.25) is 0 Å². The Kier molecular flexibility index (Phi) is 10.8. The van der Waals surface area contributed by atoms with E-state index in [0.29, 0.717) is 31.1 Å². The highest BCUT2D eigenvalue weighted by Crippen LogP contribution is 2.32. The first-order valence-corrected chi connectivity index (χ1v) is 15.2. The number of nitrogens with zero attached hydrogens (tertiary/aromatic N) is 3. The smallest absolute Gasteiger partial charge is 0.387 e. The maximum absolute atomic E-state index is 12.8. The first-order chi connectivity index (χ1) is 22.0. The molecule has 45 heavy (non-hydrogen) atoms.